The summed E-state index contributed by atoms with van der Waals surface area (Å²) in [6.07, 6.45) is 3.20. The molecule has 0 amide bonds. The van der Waals surface area contributed by atoms with E-state index < -0.39 is 0 Å². The Labute approximate surface area is 97.1 Å². The van der Waals surface area contributed by atoms with E-state index in [0.29, 0.717) is 12.6 Å². The van der Waals surface area contributed by atoms with E-state index in [-0.39, 0.29) is 0 Å². The van der Waals surface area contributed by atoms with E-state index in [1.165, 1.54) is 22.0 Å². The van der Waals surface area contributed by atoms with Crippen LogP contribution in [-0.4, -0.2) is 11.1 Å². The Kier molecular flexibility index (Phi) is 3.01. The fourth-order valence-electron chi connectivity index (χ4n) is 2.39. The molecule has 16 heavy (non-hydrogen) atoms. The van der Waals surface area contributed by atoms with Crippen LogP contribution in [0.15, 0.2) is 24.4 Å². The zero-order valence-electron chi connectivity index (χ0n) is 10.3. The molecule has 0 spiro atoms. The third-order valence-corrected chi connectivity index (χ3v) is 3.10. The quantitative estimate of drug-likeness (QED) is 0.840. The molecule has 0 saturated carbocycles. The smallest absolute Gasteiger partial charge is 0.0488 e. The first-order valence-corrected chi connectivity index (χ1v) is 5.94. The van der Waals surface area contributed by atoms with Gasteiger partial charge in [-0.2, -0.15) is 0 Å². The molecule has 2 aromatic rings. The highest BCUT2D eigenvalue weighted by atomic mass is 15.0. The van der Waals surface area contributed by atoms with E-state index in [4.69, 9.17) is 5.73 Å². The number of nitrogens with two attached hydrogens (primary N) is 1. The minimum Gasteiger partial charge on any atom is -0.345 e. The van der Waals surface area contributed by atoms with Gasteiger partial charge in [-0.05, 0) is 50.9 Å². The van der Waals surface area contributed by atoms with Gasteiger partial charge in [0.25, 0.3) is 0 Å². The molecule has 2 N–H and O–H groups in total. The van der Waals surface area contributed by atoms with Crippen LogP contribution < -0.4 is 5.73 Å². The van der Waals surface area contributed by atoms with E-state index in [1.54, 1.807) is 0 Å². The molecule has 0 aliphatic heterocycles. The highest BCUT2D eigenvalue weighted by Gasteiger charge is 2.10. The van der Waals surface area contributed by atoms with Crippen molar-refractivity contribution >= 4 is 10.9 Å². The van der Waals surface area contributed by atoms with Crippen molar-refractivity contribution in [2.75, 3.05) is 6.54 Å². The number of hydrogen-bond donors (Lipinski definition) is 1. The molecule has 2 heteroatoms. The van der Waals surface area contributed by atoms with Crippen molar-refractivity contribution in [3.05, 3.63) is 35.5 Å². The average molecular weight is 216 g/mol. The molecular weight excluding hydrogens is 196 g/mol. The van der Waals surface area contributed by atoms with Gasteiger partial charge in [-0.1, -0.05) is 12.1 Å². The van der Waals surface area contributed by atoms with Gasteiger partial charge < -0.3 is 10.3 Å². The van der Waals surface area contributed by atoms with E-state index in [0.717, 1.165) is 6.42 Å². The highest BCUT2D eigenvalue weighted by Crippen LogP contribution is 2.27. The lowest BCUT2D eigenvalue weighted by molar-refractivity contribution is 0.622. The van der Waals surface area contributed by atoms with Crippen molar-refractivity contribution in [3.8, 4) is 0 Å². The van der Waals surface area contributed by atoms with Crippen LogP contribution in [0.1, 0.15) is 31.0 Å². The summed E-state index contributed by atoms with van der Waals surface area (Å²) in [6.45, 7) is 7.33. The number of fused-ring (bicyclic) bond motifs is 1. The third kappa shape index (κ3) is 1.74. The summed E-state index contributed by atoms with van der Waals surface area (Å²) in [5, 5.41) is 1.39. The fourth-order valence-corrected chi connectivity index (χ4v) is 2.39. The van der Waals surface area contributed by atoms with Crippen LogP contribution in [0.4, 0.5) is 0 Å². The number of nitrogens with zero attached hydrogens (tertiary/aromatic N) is 1. The van der Waals surface area contributed by atoms with Gasteiger partial charge in [-0.15, -0.1) is 0 Å². The third-order valence-electron chi connectivity index (χ3n) is 3.10. The van der Waals surface area contributed by atoms with Gasteiger partial charge in [0, 0.05) is 23.1 Å². The molecule has 2 rings (SSSR count). The number of aryl methyl sites for hydroxylation is 1. The molecule has 0 aliphatic rings. The predicted molar refractivity (Wildman–Crippen MR) is 69.8 cm³/mol. The minimum atomic E-state index is 0.504. The van der Waals surface area contributed by atoms with Gasteiger partial charge >= 0.3 is 0 Å². The Balaban J connectivity index is 2.69. The summed E-state index contributed by atoms with van der Waals surface area (Å²) in [7, 11) is 0. The van der Waals surface area contributed by atoms with Crippen LogP contribution in [0.5, 0.6) is 0 Å². The molecule has 1 heterocycles. The lowest BCUT2D eigenvalue weighted by atomic mass is 10.0. The first-order chi connectivity index (χ1) is 7.65. The number of rotatable bonds is 3. The molecule has 0 unspecified atom stereocenters. The van der Waals surface area contributed by atoms with Crippen molar-refractivity contribution in [1.29, 1.82) is 0 Å². The van der Waals surface area contributed by atoms with Gasteiger partial charge in [0.05, 0.1) is 0 Å². The van der Waals surface area contributed by atoms with Crippen LogP contribution in [0.25, 0.3) is 10.9 Å². The normalized spacial score (nSPS) is 11.6. The number of aromatic nitrogens is 1. The Morgan fingerprint density at radius 2 is 2.06 bits per heavy atom. The fraction of sp³-hybridized carbons (Fsp3) is 0.429. The Morgan fingerprint density at radius 3 is 2.69 bits per heavy atom. The van der Waals surface area contributed by atoms with Crippen molar-refractivity contribution in [2.24, 2.45) is 5.73 Å². The maximum absolute atomic E-state index is 5.66. The predicted octanol–water partition coefficient (Wildman–Crippen LogP) is 3.03. The molecule has 0 aliphatic carbocycles. The molecule has 1 aromatic heterocycles. The lowest BCUT2D eigenvalue weighted by Crippen LogP contribution is -2.03. The van der Waals surface area contributed by atoms with Crippen LogP contribution in [-0.2, 0) is 6.42 Å². The Bertz CT molecular complexity index is 495. The SMILES string of the molecule is Cc1cn(C(C)C)c2cccc(CCN)c12. The molecule has 0 bridgehead atoms. The summed E-state index contributed by atoms with van der Waals surface area (Å²) in [6, 6.07) is 7.02. The first kappa shape index (κ1) is 11.2. The Hall–Kier alpha value is -1.28. The van der Waals surface area contributed by atoms with E-state index in [1.807, 2.05) is 0 Å². The van der Waals surface area contributed by atoms with Crippen LogP contribution >= 0.6 is 0 Å². The summed E-state index contributed by atoms with van der Waals surface area (Å²) in [5.74, 6) is 0. The lowest BCUT2D eigenvalue weighted by Gasteiger charge is -2.10. The molecule has 86 valence electrons. The van der Waals surface area contributed by atoms with Gasteiger partial charge in [0.15, 0.2) is 0 Å². The van der Waals surface area contributed by atoms with Crippen molar-refractivity contribution < 1.29 is 0 Å². The van der Waals surface area contributed by atoms with Gasteiger partial charge in [-0.25, -0.2) is 0 Å². The van der Waals surface area contributed by atoms with Gasteiger partial charge in [0.1, 0.15) is 0 Å². The second-order valence-corrected chi connectivity index (χ2v) is 4.66. The zero-order valence-corrected chi connectivity index (χ0v) is 10.3. The van der Waals surface area contributed by atoms with E-state index in [2.05, 4.69) is 49.7 Å². The maximum atomic E-state index is 5.66. The molecule has 2 nitrogen and oxygen atoms in total. The number of hydrogen-bond acceptors (Lipinski definition) is 1. The minimum absolute atomic E-state index is 0.504. The Morgan fingerprint density at radius 1 is 1.31 bits per heavy atom. The van der Waals surface area contributed by atoms with Gasteiger partial charge in [-0.3, -0.25) is 0 Å². The molecular formula is C14H20N2. The second kappa shape index (κ2) is 4.30. The first-order valence-electron chi connectivity index (χ1n) is 5.94. The standard InChI is InChI=1S/C14H20N2/c1-10(2)16-9-11(3)14-12(7-8-15)5-4-6-13(14)16/h4-6,9-10H,7-8,15H2,1-3H3. The molecule has 0 fully saturated rings. The monoisotopic (exact) mass is 216 g/mol. The zero-order chi connectivity index (χ0) is 11.7. The highest BCUT2D eigenvalue weighted by molar-refractivity contribution is 5.87. The largest absolute Gasteiger partial charge is 0.345 e. The summed E-state index contributed by atoms with van der Waals surface area (Å²) >= 11 is 0. The second-order valence-electron chi connectivity index (χ2n) is 4.66. The molecule has 0 atom stereocenters. The van der Waals surface area contributed by atoms with Gasteiger partial charge in [0.2, 0.25) is 0 Å². The van der Waals surface area contributed by atoms with Crippen molar-refractivity contribution in [1.82, 2.24) is 4.57 Å². The summed E-state index contributed by atoms with van der Waals surface area (Å²) in [4.78, 5) is 0. The van der Waals surface area contributed by atoms with Crippen molar-refractivity contribution in [3.63, 3.8) is 0 Å². The van der Waals surface area contributed by atoms with Crippen LogP contribution in [0.3, 0.4) is 0 Å². The maximum Gasteiger partial charge on any atom is 0.0488 e. The number of benzene rings is 1. The van der Waals surface area contributed by atoms with Crippen LogP contribution in [0, 0.1) is 6.92 Å². The molecule has 0 radical (unpaired) electrons. The summed E-state index contributed by atoms with van der Waals surface area (Å²) < 4.78 is 2.34. The average Bonchev–Trinajstić information content (AvgIpc) is 2.58. The topological polar surface area (TPSA) is 30.9 Å². The van der Waals surface area contributed by atoms with E-state index >= 15 is 0 Å². The molecule has 0 saturated heterocycles. The van der Waals surface area contributed by atoms with Crippen molar-refractivity contribution in [2.45, 2.75) is 33.2 Å². The summed E-state index contributed by atoms with van der Waals surface area (Å²) in [5.41, 5.74) is 9.72. The molecule has 1 aromatic carbocycles. The van der Waals surface area contributed by atoms with E-state index in [9.17, 15) is 0 Å². The van der Waals surface area contributed by atoms with Crippen LogP contribution in [0.2, 0.25) is 0 Å².